The number of rotatable bonds is 12. The van der Waals surface area contributed by atoms with E-state index < -0.39 is 45.3 Å². The van der Waals surface area contributed by atoms with Crippen molar-refractivity contribution in [3.8, 4) is 0 Å². The summed E-state index contributed by atoms with van der Waals surface area (Å²) in [5, 5.41) is 9.83. The van der Waals surface area contributed by atoms with Crippen LogP contribution in [0.1, 0.15) is 96.3 Å². The number of aliphatic hydroxyl groups is 1. The van der Waals surface area contributed by atoms with Crippen molar-refractivity contribution in [1.29, 1.82) is 1.12 Å². The van der Waals surface area contributed by atoms with E-state index in [0.717, 1.165) is 12.5 Å². The molecule has 0 saturated carbocycles. The normalized spacial score (nSPS) is 28.7. The molecule has 38 heavy (non-hydrogen) atoms. The van der Waals surface area contributed by atoms with Gasteiger partial charge in [0.05, 0.1) is 42.7 Å². The zero-order valence-electron chi connectivity index (χ0n) is 26.7. The van der Waals surface area contributed by atoms with E-state index in [1.54, 1.807) is 55.4 Å². The van der Waals surface area contributed by atoms with E-state index in [2.05, 4.69) is 0 Å². The molecule has 0 aromatic heterocycles. The van der Waals surface area contributed by atoms with Crippen molar-refractivity contribution in [2.24, 2.45) is 0 Å². The van der Waals surface area contributed by atoms with Gasteiger partial charge in [-0.2, -0.15) is 12.5 Å². The fourth-order valence-electron chi connectivity index (χ4n) is 4.02. The second-order valence-corrected chi connectivity index (χ2v) is 14.5. The highest BCUT2D eigenvalue weighted by Crippen LogP contribution is 2.60. The molecule has 0 aliphatic carbocycles. The topological polar surface area (TPSA) is 110 Å². The van der Waals surface area contributed by atoms with Crippen LogP contribution in [-0.2, 0) is 36.7 Å². The number of ether oxygens (including phenoxy) is 2. The molecule has 0 bridgehead atoms. The van der Waals surface area contributed by atoms with Crippen LogP contribution < -0.4 is 0 Å². The third-order valence-electron chi connectivity index (χ3n) is 5.31. The highest BCUT2D eigenvalue weighted by atomic mass is 32.1. The second-order valence-electron chi connectivity index (χ2n) is 10.3. The van der Waals surface area contributed by atoms with Gasteiger partial charge in [0.1, 0.15) is 7.30 Å². The lowest BCUT2D eigenvalue weighted by Gasteiger charge is -2.27. The average molecular weight is 614 g/mol. The monoisotopic (exact) mass is 613 g/mol. The molecule has 0 unspecified atom stereocenters. The van der Waals surface area contributed by atoms with E-state index in [0.29, 0.717) is 19.3 Å². The van der Waals surface area contributed by atoms with Gasteiger partial charge in [0.2, 0.25) is 0 Å². The van der Waals surface area contributed by atoms with E-state index in [4.69, 9.17) is 30.1 Å². The zero-order valence-corrected chi connectivity index (χ0v) is 27.3. The van der Waals surface area contributed by atoms with Crippen LogP contribution in [0.4, 0.5) is 4.39 Å². The van der Waals surface area contributed by atoms with Gasteiger partial charge in [0, 0.05) is 14.2 Å². The molecule has 2 fully saturated rings. The van der Waals surface area contributed by atoms with Crippen LogP contribution in [0.5, 0.6) is 0 Å². The van der Waals surface area contributed by atoms with Crippen molar-refractivity contribution < 1.29 is 47.6 Å². The van der Waals surface area contributed by atoms with E-state index in [1.165, 1.54) is 0 Å². The lowest BCUT2D eigenvalue weighted by Crippen LogP contribution is -2.20. The summed E-state index contributed by atoms with van der Waals surface area (Å²) in [6.45, 7) is 18.1. The largest absolute Gasteiger partial charge is 0.390 e. The molecule has 0 radical (unpaired) electrons. The highest BCUT2D eigenvalue weighted by Gasteiger charge is 2.48. The van der Waals surface area contributed by atoms with Crippen LogP contribution in [0.15, 0.2) is 0 Å². The summed E-state index contributed by atoms with van der Waals surface area (Å²) in [7, 11) is -6.78. The standard InChI is InChI=1S/C12H24FO4P.C12H25O5P.CH4S/c2*1-6-11-10(13)7-12(15-11)18(14,16-8(2)3)17-9(4)5;1-2/h8-12H,6-7H2,1-5H3;8-13H,6-7H2,1-5H3;2H,1H3/t10-,11-,12+;10-,11+,12-;/m10./s1/i;;1D/hT. The van der Waals surface area contributed by atoms with E-state index >= 15 is 0 Å². The predicted octanol–water partition coefficient (Wildman–Crippen LogP) is 7.35. The van der Waals surface area contributed by atoms with Gasteiger partial charge in [-0.05, 0) is 74.5 Å². The third kappa shape index (κ3) is 12.5. The summed E-state index contributed by atoms with van der Waals surface area (Å²) < 4.78 is 84.5. The lowest BCUT2D eigenvalue weighted by atomic mass is 10.1. The maximum absolute atomic E-state index is 13.7. The second kappa shape index (κ2) is 18.1. The van der Waals surface area contributed by atoms with E-state index in [1.807, 2.05) is 13.8 Å². The molecule has 0 spiro atoms. The van der Waals surface area contributed by atoms with Gasteiger partial charge in [-0.1, -0.05) is 13.8 Å². The van der Waals surface area contributed by atoms with E-state index in [-0.39, 0.29) is 43.2 Å². The molecular weight excluding hydrogens is 557 g/mol. The number of aliphatic hydroxyl groups excluding tert-OH is 1. The van der Waals surface area contributed by atoms with E-state index in [9.17, 15) is 18.6 Å². The summed E-state index contributed by atoms with van der Waals surface area (Å²) in [5.74, 6) is -1.45. The predicted molar refractivity (Wildman–Crippen MR) is 153 cm³/mol. The number of alkyl halides is 1. The van der Waals surface area contributed by atoms with Crippen molar-refractivity contribution in [3.05, 3.63) is 0 Å². The van der Waals surface area contributed by atoms with Crippen molar-refractivity contribution in [2.75, 3.05) is 6.23 Å². The Labute approximate surface area is 238 Å². The molecule has 13 heteroatoms. The van der Waals surface area contributed by atoms with Gasteiger partial charge in [0.15, 0.2) is 11.7 Å². The molecule has 6 atom stereocenters. The molecule has 0 aromatic rings. The molecule has 9 nitrogen and oxygen atoms in total. The fourth-order valence-corrected chi connectivity index (χ4v) is 8.56. The minimum absolute atomic E-state index is 0.0786. The average Bonchev–Trinajstić information content (AvgIpc) is 3.40. The van der Waals surface area contributed by atoms with Crippen molar-refractivity contribution in [1.82, 2.24) is 0 Å². The molecule has 0 aromatic carbocycles. The first-order valence-corrected chi connectivity index (χ1v) is 17.2. The molecule has 230 valence electrons. The smallest absolute Gasteiger partial charge is 0.359 e. The Kier molecular flexibility index (Phi) is 16.5. The number of halogens is 1. The lowest BCUT2D eigenvalue weighted by molar-refractivity contribution is 0.0149. The van der Waals surface area contributed by atoms with Crippen molar-refractivity contribution >= 4 is 27.7 Å². The van der Waals surface area contributed by atoms with Crippen LogP contribution in [0.3, 0.4) is 0 Å². The van der Waals surface area contributed by atoms with Crippen molar-refractivity contribution in [2.45, 2.75) is 156 Å². The maximum Gasteiger partial charge on any atom is 0.359 e. The Bertz CT molecular complexity index is 693. The Hall–Kier alpha value is 0.460. The van der Waals surface area contributed by atoms with Crippen LogP contribution in [0, 0.1) is 0 Å². The quantitative estimate of drug-likeness (QED) is 0.172. The Balaban J connectivity index is 0.000000671. The minimum Gasteiger partial charge on any atom is -0.390 e. The van der Waals surface area contributed by atoms with Gasteiger partial charge in [-0.15, -0.1) is 0 Å². The molecule has 2 saturated heterocycles. The highest BCUT2D eigenvalue weighted by molar-refractivity contribution is 7.79. The molecule has 2 rings (SSSR count). The first-order chi connectivity index (χ1) is 18.5. The van der Waals surface area contributed by atoms with Gasteiger partial charge < -0.3 is 32.7 Å². The van der Waals surface area contributed by atoms with Gasteiger partial charge >= 0.3 is 15.2 Å². The maximum atomic E-state index is 13.7. The first kappa shape index (κ1) is 34.7. The van der Waals surface area contributed by atoms with Crippen LogP contribution in [-0.4, -0.2) is 73.1 Å². The third-order valence-corrected chi connectivity index (χ3v) is 10.2. The minimum atomic E-state index is -3.43. The fraction of sp³-hybridized carbons (Fsp3) is 1.00. The Morgan fingerprint density at radius 2 is 1.21 bits per heavy atom. The number of hydrogen-bond acceptors (Lipinski definition) is 10. The van der Waals surface area contributed by atoms with Crippen molar-refractivity contribution in [3.63, 3.8) is 0 Å². The molecule has 2 heterocycles. The SMILES string of the molecule is CC[C@H]1O[C@@H](P(=O)(OC(C)C)OC(C)C)C[C@@H]1O.CC[C@H]1O[C@@H](P(=O)(OC(C)C)OC(C)C)C[C@H]1F.[2H]CS[3H]. The van der Waals surface area contributed by atoms with Crippen LogP contribution in [0.25, 0.3) is 0 Å². The molecular formula is C25H53FO9P2S. The van der Waals surface area contributed by atoms with Crippen LogP contribution >= 0.6 is 27.7 Å². The number of thiol groups is 1. The summed E-state index contributed by atoms with van der Waals surface area (Å²) in [6, 6.07) is 0. The summed E-state index contributed by atoms with van der Waals surface area (Å²) in [6.07, 6.45) is -1.64. The Morgan fingerprint density at radius 3 is 1.47 bits per heavy atom. The Morgan fingerprint density at radius 1 is 0.868 bits per heavy atom. The summed E-state index contributed by atoms with van der Waals surface area (Å²) in [4.78, 5) is 0. The van der Waals surface area contributed by atoms with Crippen LogP contribution in [0.2, 0.25) is 0 Å². The van der Waals surface area contributed by atoms with Gasteiger partial charge in [-0.25, -0.2) is 4.39 Å². The number of hydrogen-bond donors (Lipinski definition) is 2. The molecule has 2 aliphatic rings. The molecule has 0 amide bonds. The summed E-state index contributed by atoms with van der Waals surface area (Å²) in [5.41, 5.74) is 0. The van der Waals surface area contributed by atoms with Gasteiger partial charge in [-0.3, -0.25) is 9.13 Å². The zero-order chi connectivity index (χ0) is 31.3. The first-order valence-electron chi connectivity index (χ1n) is 14.5. The summed E-state index contributed by atoms with van der Waals surface area (Å²) >= 11 is 0.773. The molecule has 1 N–H and O–H groups in total. The van der Waals surface area contributed by atoms with Gasteiger partial charge in [0.25, 0.3) is 0 Å². The molecule has 2 aliphatic heterocycles.